The Balaban J connectivity index is 1.82. The number of para-hydroxylation sites is 1. The Hall–Kier alpha value is -3.22. The molecule has 1 atom stereocenters. The largest absolute Gasteiger partial charge is 0.332 e. The molecular weight excluding hydrogens is 349 g/mol. The molecule has 1 saturated heterocycles. The quantitative estimate of drug-likeness (QED) is 0.821. The van der Waals surface area contributed by atoms with E-state index < -0.39 is 23.8 Å². The Labute approximate surface area is 156 Å². The van der Waals surface area contributed by atoms with Gasteiger partial charge in [-0.1, -0.05) is 18.2 Å². The van der Waals surface area contributed by atoms with Gasteiger partial charge in [-0.25, -0.2) is 14.1 Å². The maximum Gasteiger partial charge on any atom is 0.332 e. The van der Waals surface area contributed by atoms with Crippen molar-refractivity contribution in [2.75, 3.05) is 10.2 Å². The van der Waals surface area contributed by atoms with Crippen molar-refractivity contribution in [3.8, 4) is 0 Å². The fourth-order valence-corrected chi connectivity index (χ4v) is 3.11. The number of rotatable bonds is 5. The van der Waals surface area contributed by atoms with Crippen LogP contribution in [0.3, 0.4) is 0 Å². The first kappa shape index (κ1) is 18.6. The number of urea groups is 1. The molecular formula is C20H20FN3O3. The molecule has 0 unspecified atom stereocenters. The van der Waals surface area contributed by atoms with Crippen LogP contribution in [0.15, 0.2) is 54.6 Å². The van der Waals surface area contributed by atoms with Crippen molar-refractivity contribution in [3.05, 3.63) is 60.4 Å². The molecule has 0 spiro atoms. The molecule has 0 bridgehead atoms. The van der Waals surface area contributed by atoms with Crippen molar-refractivity contribution < 1.29 is 18.8 Å². The van der Waals surface area contributed by atoms with E-state index in [0.29, 0.717) is 5.69 Å². The molecule has 2 aromatic rings. The molecule has 140 valence electrons. The Morgan fingerprint density at radius 1 is 1.07 bits per heavy atom. The SMILES string of the molecule is CC(C)N1C(=O)N(c2ccc(F)cc2)C(=O)[C@@H]1CC(=O)Nc1ccccc1. The molecule has 3 rings (SSSR count). The van der Waals surface area contributed by atoms with Crippen LogP contribution in [0.25, 0.3) is 0 Å². The van der Waals surface area contributed by atoms with E-state index in [4.69, 9.17) is 0 Å². The van der Waals surface area contributed by atoms with Crippen LogP contribution >= 0.6 is 0 Å². The van der Waals surface area contributed by atoms with Crippen LogP contribution in [0.5, 0.6) is 0 Å². The van der Waals surface area contributed by atoms with E-state index in [9.17, 15) is 18.8 Å². The molecule has 1 heterocycles. The van der Waals surface area contributed by atoms with Crippen LogP contribution in [0.2, 0.25) is 0 Å². The second-order valence-electron chi connectivity index (χ2n) is 6.57. The lowest BCUT2D eigenvalue weighted by atomic mass is 10.1. The van der Waals surface area contributed by atoms with Gasteiger partial charge in [0.15, 0.2) is 0 Å². The zero-order chi connectivity index (χ0) is 19.6. The van der Waals surface area contributed by atoms with Gasteiger partial charge in [0.05, 0.1) is 12.1 Å². The van der Waals surface area contributed by atoms with E-state index in [1.54, 1.807) is 38.1 Å². The van der Waals surface area contributed by atoms with Crippen LogP contribution in [0, 0.1) is 5.82 Å². The van der Waals surface area contributed by atoms with Crippen molar-refractivity contribution in [3.63, 3.8) is 0 Å². The first-order chi connectivity index (χ1) is 12.9. The maximum atomic E-state index is 13.2. The third kappa shape index (κ3) is 3.81. The topological polar surface area (TPSA) is 69.7 Å². The summed E-state index contributed by atoms with van der Waals surface area (Å²) < 4.78 is 13.2. The number of imide groups is 1. The number of carbonyl (C=O) groups excluding carboxylic acids is 3. The fourth-order valence-electron chi connectivity index (χ4n) is 3.11. The lowest BCUT2D eigenvalue weighted by molar-refractivity contribution is -0.124. The highest BCUT2D eigenvalue weighted by atomic mass is 19.1. The van der Waals surface area contributed by atoms with Gasteiger partial charge < -0.3 is 10.2 Å². The van der Waals surface area contributed by atoms with Crippen LogP contribution in [0.4, 0.5) is 20.6 Å². The van der Waals surface area contributed by atoms with Gasteiger partial charge in [-0.05, 0) is 50.2 Å². The molecule has 27 heavy (non-hydrogen) atoms. The summed E-state index contributed by atoms with van der Waals surface area (Å²) in [6.07, 6.45) is -0.157. The molecule has 6 nitrogen and oxygen atoms in total. The number of hydrogen-bond acceptors (Lipinski definition) is 3. The second kappa shape index (κ2) is 7.57. The summed E-state index contributed by atoms with van der Waals surface area (Å²) in [7, 11) is 0. The minimum absolute atomic E-state index is 0.157. The lowest BCUT2D eigenvalue weighted by Gasteiger charge is -2.25. The summed E-state index contributed by atoms with van der Waals surface area (Å²) in [6, 6.07) is 12.3. The molecule has 0 aliphatic carbocycles. The zero-order valence-corrected chi connectivity index (χ0v) is 15.1. The Bertz CT molecular complexity index is 853. The van der Waals surface area contributed by atoms with E-state index in [1.807, 2.05) is 6.07 Å². The highest BCUT2D eigenvalue weighted by Gasteiger charge is 2.47. The summed E-state index contributed by atoms with van der Waals surface area (Å²) in [6.45, 7) is 3.56. The first-order valence-electron chi connectivity index (χ1n) is 8.65. The van der Waals surface area contributed by atoms with Gasteiger partial charge in [0, 0.05) is 11.7 Å². The van der Waals surface area contributed by atoms with Crippen LogP contribution in [-0.2, 0) is 9.59 Å². The molecule has 0 saturated carbocycles. The summed E-state index contributed by atoms with van der Waals surface area (Å²) in [5.74, 6) is -1.32. The normalized spacial score (nSPS) is 17.0. The van der Waals surface area contributed by atoms with E-state index in [-0.39, 0.29) is 24.1 Å². The molecule has 4 amide bonds. The second-order valence-corrected chi connectivity index (χ2v) is 6.57. The third-order valence-corrected chi connectivity index (χ3v) is 4.33. The van der Waals surface area contributed by atoms with Crippen LogP contribution in [-0.4, -0.2) is 34.8 Å². The predicted octanol–water partition coefficient (Wildman–Crippen LogP) is 3.40. The molecule has 2 aromatic carbocycles. The van der Waals surface area contributed by atoms with Gasteiger partial charge in [-0.2, -0.15) is 0 Å². The number of nitrogens with one attached hydrogen (secondary N) is 1. The van der Waals surface area contributed by atoms with Crippen molar-refractivity contribution in [2.24, 2.45) is 0 Å². The van der Waals surface area contributed by atoms with E-state index in [2.05, 4.69) is 5.32 Å². The molecule has 0 radical (unpaired) electrons. The molecule has 0 aromatic heterocycles. The summed E-state index contributed by atoms with van der Waals surface area (Å²) in [5.41, 5.74) is 0.897. The van der Waals surface area contributed by atoms with Gasteiger partial charge in [0.1, 0.15) is 11.9 Å². The number of benzene rings is 2. The monoisotopic (exact) mass is 369 g/mol. The molecule has 1 fully saturated rings. The molecule has 1 aliphatic rings. The fraction of sp³-hybridized carbons (Fsp3) is 0.250. The number of hydrogen-bond donors (Lipinski definition) is 1. The average molecular weight is 369 g/mol. The highest BCUT2D eigenvalue weighted by Crippen LogP contribution is 2.28. The van der Waals surface area contributed by atoms with Gasteiger partial charge in [-0.15, -0.1) is 0 Å². The number of carbonyl (C=O) groups is 3. The Kier molecular flexibility index (Phi) is 5.21. The van der Waals surface area contributed by atoms with Crippen molar-refractivity contribution in [2.45, 2.75) is 32.4 Å². The van der Waals surface area contributed by atoms with Crippen molar-refractivity contribution in [1.29, 1.82) is 0 Å². The standard InChI is InChI=1S/C20H20FN3O3/c1-13(2)23-17(12-18(25)22-15-6-4-3-5-7-15)19(26)24(20(23)27)16-10-8-14(21)9-11-16/h3-11,13,17H,12H2,1-2H3,(H,22,25)/t17-/m0/s1. The minimum Gasteiger partial charge on any atom is -0.326 e. The summed E-state index contributed by atoms with van der Waals surface area (Å²) >= 11 is 0. The van der Waals surface area contributed by atoms with Gasteiger partial charge in [0.25, 0.3) is 5.91 Å². The zero-order valence-electron chi connectivity index (χ0n) is 15.1. The molecule has 1 N–H and O–H groups in total. The van der Waals surface area contributed by atoms with Gasteiger partial charge in [0.2, 0.25) is 5.91 Å². The van der Waals surface area contributed by atoms with Gasteiger partial charge in [-0.3, -0.25) is 9.59 Å². The Morgan fingerprint density at radius 3 is 2.30 bits per heavy atom. The third-order valence-electron chi connectivity index (χ3n) is 4.33. The van der Waals surface area contributed by atoms with Crippen LogP contribution < -0.4 is 10.2 Å². The smallest absolute Gasteiger partial charge is 0.326 e. The number of halogens is 1. The molecule has 7 heteroatoms. The van der Waals surface area contributed by atoms with E-state index >= 15 is 0 Å². The predicted molar refractivity (Wildman–Crippen MR) is 99.7 cm³/mol. The highest BCUT2D eigenvalue weighted by molar-refractivity contribution is 6.22. The Morgan fingerprint density at radius 2 is 1.70 bits per heavy atom. The minimum atomic E-state index is -0.911. The lowest BCUT2D eigenvalue weighted by Crippen LogP contribution is -2.42. The van der Waals surface area contributed by atoms with Crippen molar-refractivity contribution in [1.82, 2.24) is 4.90 Å². The average Bonchev–Trinajstić information content (AvgIpc) is 2.87. The number of anilines is 2. The molecule has 1 aliphatic heterocycles. The van der Waals surface area contributed by atoms with Crippen LogP contribution in [0.1, 0.15) is 20.3 Å². The summed E-state index contributed by atoms with van der Waals surface area (Å²) in [4.78, 5) is 40.5. The van der Waals surface area contributed by atoms with E-state index in [1.165, 1.54) is 29.2 Å². The van der Waals surface area contributed by atoms with Crippen molar-refractivity contribution >= 4 is 29.2 Å². The summed E-state index contributed by atoms with van der Waals surface area (Å²) in [5, 5.41) is 2.73. The number of nitrogens with zero attached hydrogens (tertiary/aromatic N) is 2. The number of amides is 4. The first-order valence-corrected chi connectivity index (χ1v) is 8.65. The van der Waals surface area contributed by atoms with E-state index in [0.717, 1.165) is 4.90 Å². The maximum absolute atomic E-state index is 13.2. The van der Waals surface area contributed by atoms with Gasteiger partial charge >= 0.3 is 6.03 Å².